The van der Waals surface area contributed by atoms with Gasteiger partial charge in [0.25, 0.3) is 0 Å². The highest BCUT2D eigenvalue weighted by Crippen LogP contribution is 2.49. The summed E-state index contributed by atoms with van der Waals surface area (Å²) in [6.07, 6.45) is 14.0. The Labute approximate surface area is 794 Å². The number of rotatable bonds is 31. The Balaban J connectivity index is 0.000000672. The number of halogens is 26. The second-order valence-corrected chi connectivity index (χ2v) is 37.9. The van der Waals surface area contributed by atoms with Crippen LogP contribution in [-0.4, -0.2) is 82.3 Å². The summed E-state index contributed by atoms with van der Waals surface area (Å²) in [6, 6.07) is 8.57. The highest BCUT2D eigenvalue weighted by molar-refractivity contribution is 9.29. The fraction of sp³-hybridized carbons (Fsp3) is 0.351. The van der Waals surface area contributed by atoms with Crippen molar-refractivity contribution >= 4 is 304 Å². The van der Waals surface area contributed by atoms with Gasteiger partial charge in [-0.25, -0.2) is 8.78 Å². The topological polar surface area (TPSA) is 111 Å². The second-order valence-electron chi connectivity index (χ2n) is 21.9. The van der Waals surface area contributed by atoms with E-state index in [9.17, 15) is 8.78 Å². The van der Waals surface area contributed by atoms with E-state index < -0.39 is 27.4 Å². The highest BCUT2D eigenvalue weighted by Gasteiger charge is 2.27. The lowest BCUT2D eigenvalue weighted by Gasteiger charge is -2.18. The summed E-state index contributed by atoms with van der Waals surface area (Å²) >= 11 is 126. The van der Waals surface area contributed by atoms with E-state index in [1.807, 2.05) is 52.8 Å². The lowest BCUT2D eigenvalue weighted by Crippen LogP contribution is -2.02. The molecule has 6 aromatic rings. The molecule has 0 amide bonds. The third-order valence-electron chi connectivity index (χ3n) is 13.8. The maximum atomic E-state index is 13.7. The van der Waals surface area contributed by atoms with Gasteiger partial charge in [-0.15, -0.1) is 0 Å². The molecule has 0 unspecified atom stereocenters. The van der Waals surface area contributed by atoms with Crippen LogP contribution in [0.3, 0.4) is 0 Å². The van der Waals surface area contributed by atoms with Crippen LogP contribution in [0.2, 0.25) is 60.3 Å². The van der Waals surface area contributed by atoms with Crippen molar-refractivity contribution in [2.75, 3.05) is 82.3 Å². The predicted molar refractivity (Wildman–Crippen MR) is 494 cm³/mol. The van der Waals surface area contributed by atoms with Gasteiger partial charge in [-0.05, 0) is 163 Å². The van der Waals surface area contributed by atoms with Crippen molar-refractivity contribution in [3.05, 3.63) is 190 Å². The Bertz CT molecular complexity index is 4020. The number of hydrogen-bond acceptors (Lipinski definition) is 12. The van der Waals surface area contributed by atoms with Crippen molar-refractivity contribution in [1.29, 1.82) is 0 Å². The molecule has 0 saturated carbocycles. The molecule has 0 aliphatic heterocycles. The standard InChI is InChI=1S/2C13H14Br2Cl2O2.2C13H14Cl4O2.C12H12Br2Cl2O2.C10H6Cl4F2O2/c1-7(2)11-9(19-5-4-10(14)15)6-8(16)13(18-3)12(11)17;1-3-4-8-10(19-6-5-11(14)15)7-9(16)13(18-2)12(8)17;1-7(2)11-9(19-5-4-10(15)16)6-8(14)13(18-3)12(11)17;1-3-4-8-10(19-6-5-11(15)16)7-9(14)13(18-2)12(8)17;1-3-7-9(18-5-4-10(13)14)6-8(15)12(17-2)11(7)16;1-17-9-5(13)7(15)10(8(16)6(9)14)18-3-2-4(11)12/h4,6-7H,5H2,1-3H3;5,7H,3-4,6H2,1-2H3;4,6-7H,5H2,1-3H3;5,7H,3-4,6H2,1-2H3;4,6H,3,5H2,1-2H3;2H,3H2,1H3. The summed E-state index contributed by atoms with van der Waals surface area (Å²) in [4.78, 5) is 0. The molecule has 12 nitrogen and oxygen atoms in total. The largest absolute Gasteiger partial charge is 0.494 e. The van der Waals surface area contributed by atoms with E-state index in [2.05, 4.69) is 114 Å². The summed E-state index contributed by atoms with van der Waals surface area (Å²) in [6.45, 7) is 15.7. The van der Waals surface area contributed by atoms with Crippen LogP contribution in [0.1, 0.15) is 101 Å². The summed E-state index contributed by atoms with van der Waals surface area (Å²) in [5.41, 5.74) is 4.40. The van der Waals surface area contributed by atoms with Crippen LogP contribution in [-0.2, 0) is 19.3 Å². The van der Waals surface area contributed by atoms with Crippen LogP contribution in [0, 0.1) is 11.6 Å². The van der Waals surface area contributed by atoms with Crippen molar-refractivity contribution in [3.8, 4) is 69.0 Å². The fourth-order valence-corrected chi connectivity index (χ4v) is 14.5. The average molecular weight is 2310 g/mol. The molecular formula is C74H74Br6Cl18F2O12. The van der Waals surface area contributed by atoms with Crippen LogP contribution in [0.5, 0.6) is 69.0 Å². The lowest BCUT2D eigenvalue weighted by atomic mass is 10.0. The van der Waals surface area contributed by atoms with E-state index in [0.29, 0.717) is 128 Å². The van der Waals surface area contributed by atoms with Gasteiger partial charge in [0.2, 0.25) is 0 Å². The molecule has 0 saturated heterocycles. The number of ether oxygens (including phenoxy) is 12. The van der Waals surface area contributed by atoms with Crippen molar-refractivity contribution < 1.29 is 65.6 Å². The predicted octanol–water partition coefficient (Wildman–Crippen LogP) is 34.1. The van der Waals surface area contributed by atoms with Gasteiger partial charge < -0.3 is 56.8 Å². The van der Waals surface area contributed by atoms with Crippen LogP contribution in [0.4, 0.5) is 8.78 Å². The van der Waals surface area contributed by atoms with E-state index >= 15 is 0 Å². The highest BCUT2D eigenvalue weighted by atomic mass is 79.9. The molecule has 0 atom stereocenters. The zero-order valence-corrected chi connectivity index (χ0v) is 84.6. The summed E-state index contributed by atoms with van der Waals surface area (Å²) in [7, 11) is 8.86. The Morgan fingerprint density at radius 3 is 0.795 bits per heavy atom. The Hall–Kier alpha value is -0.680. The van der Waals surface area contributed by atoms with Crippen LogP contribution < -0.4 is 56.8 Å². The molecule has 624 valence electrons. The van der Waals surface area contributed by atoms with Gasteiger partial charge in [0, 0.05) is 58.1 Å². The third kappa shape index (κ3) is 36.6. The zero-order valence-electron chi connectivity index (χ0n) is 61.5. The molecule has 0 fully saturated rings. The zero-order chi connectivity index (χ0) is 85.6. The minimum Gasteiger partial charge on any atom is -0.494 e. The van der Waals surface area contributed by atoms with Crippen molar-refractivity contribution in [2.24, 2.45) is 0 Å². The normalized spacial score (nSPS) is 10.3. The molecule has 6 rings (SSSR count). The minimum absolute atomic E-state index is 0.0958. The molecule has 38 heteroatoms. The molecule has 6 aromatic carbocycles. The van der Waals surface area contributed by atoms with Crippen LogP contribution in [0.25, 0.3) is 0 Å². The summed E-state index contributed by atoms with van der Waals surface area (Å²) in [5.74, 6) is 2.72. The average Bonchev–Trinajstić information content (AvgIpc) is 0.468. The van der Waals surface area contributed by atoms with Gasteiger partial charge in [-0.3, -0.25) is 0 Å². The quantitative estimate of drug-likeness (QED) is 0.0387. The third-order valence-corrected chi connectivity index (χ3v) is 20.7. The Morgan fingerprint density at radius 1 is 0.321 bits per heavy atom. The maximum absolute atomic E-state index is 13.7. The molecule has 0 bridgehead atoms. The molecule has 0 N–H and O–H groups in total. The number of benzene rings is 6. The monoisotopic (exact) mass is 2300 g/mol. The SMILES string of the molecule is CCCc1c(OCC=C(Br)Br)cc(Cl)c(OC)c1Cl.CCCc1c(OCC=C(Cl)Cl)cc(Cl)c(OC)c1Cl.CCc1c(OCC=C(Br)Br)cc(Cl)c(OC)c1Cl.COc1c(Cl)c(F)c(OCC=C(Cl)Cl)c(F)c1Cl.COc1c(Cl)cc(OCC=C(Br)Br)c(C(C)C)c1Cl.COc1c(Cl)cc(OCC=C(Cl)Cl)c(C(C)C)c1Cl. The van der Waals surface area contributed by atoms with Gasteiger partial charge in [0.05, 0.1) is 103 Å². The molecule has 0 aliphatic rings. The lowest BCUT2D eigenvalue weighted by molar-refractivity contribution is 0.316. The first-order valence-electron chi connectivity index (χ1n) is 32.2. The number of hydrogen-bond donors (Lipinski definition) is 0. The van der Waals surface area contributed by atoms with Crippen molar-refractivity contribution in [1.82, 2.24) is 0 Å². The Kier molecular flexibility index (Phi) is 57.0. The maximum Gasteiger partial charge on any atom is 0.194 e. The van der Waals surface area contributed by atoms with E-state index in [1.54, 1.807) is 56.7 Å². The first-order valence-corrected chi connectivity index (χ1v) is 43.7. The molecule has 0 heterocycles. The van der Waals surface area contributed by atoms with Crippen LogP contribution in [0.15, 0.2) is 90.4 Å². The first-order chi connectivity index (χ1) is 52.7. The van der Waals surface area contributed by atoms with E-state index in [-0.39, 0.29) is 50.9 Å². The molecule has 0 aromatic heterocycles. The smallest absolute Gasteiger partial charge is 0.194 e. The minimum atomic E-state index is -1.12. The van der Waals surface area contributed by atoms with E-state index in [0.717, 1.165) is 70.1 Å². The fourth-order valence-electron chi connectivity index (χ4n) is 9.03. The van der Waals surface area contributed by atoms with Gasteiger partial charge >= 0.3 is 0 Å². The van der Waals surface area contributed by atoms with Crippen molar-refractivity contribution in [2.45, 2.75) is 92.4 Å². The van der Waals surface area contributed by atoms with Gasteiger partial charge in [0.1, 0.15) is 91.9 Å². The van der Waals surface area contributed by atoms with Crippen molar-refractivity contribution in [3.63, 3.8) is 0 Å². The summed E-state index contributed by atoms with van der Waals surface area (Å²) in [5, 5.41) is 3.65. The van der Waals surface area contributed by atoms with Gasteiger partial charge in [-0.2, -0.15) is 0 Å². The first kappa shape index (κ1) is 109. The Morgan fingerprint density at radius 2 is 0.554 bits per heavy atom. The molecule has 112 heavy (non-hydrogen) atoms. The summed E-state index contributed by atoms with van der Waals surface area (Å²) < 4.78 is 93.8. The van der Waals surface area contributed by atoms with Gasteiger partial charge in [0.15, 0.2) is 51.9 Å². The molecule has 0 radical (unpaired) electrons. The molecule has 0 spiro atoms. The second kappa shape index (κ2) is 58.3. The van der Waals surface area contributed by atoms with E-state index in [1.165, 1.54) is 34.5 Å². The van der Waals surface area contributed by atoms with Gasteiger partial charge in [-0.1, -0.05) is 270 Å². The molecule has 0 aliphatic carbocycles. The van der Waals surface area contributed by atoms with E-state index in [4.69, 9.17) is 261 Å². The number of methoxy groups -OCH3 is 6. The molecular weight excluding hydrogens is 2240 g/mol. The van der Waals surface area contributed by atoms with Crippen LogP contribution >= 0.6 is 304 Å².